The van der Waals surface area contributed by atoms with Gasteiger partial charge in [-0.1, -0.05) is 27.7 Å². The maximum Gasteiger partial charge on any atom is 0.226 e. The molecule has 0 aromatic rings. The third-order valence-electron chi connectivity index (χ3n) is 5.90. The van der Waals surface area contributed by atoms with Crippen LogP contribution in [0.1, 0.15) is 47.5 Å². The number of hydrogen-bond acceptors (Lipinski definition) is 2. The highest BCUT2D eigenvalue weighted by Gasteiger charge is 2.68. The molecule has 2 fully saturated rings. The molecular formula is C16H30N2O. The minimum Gasteiger partial charge on any atom is -0.342 e. The van der Waals surface area contributed by atoms with Crippen molar-refractivity contribution in [2.24, 2.45) is 22.7 Å². The zero-order valence-corrected chi connectivity index (χ0v) is 13.3. The maximum absolute atomic E-state index is 12.8. The van der Waals surface area contributed by atoms with Crippen LogP contribution in [0.4, 0.5) is 0 Å². The molecule has 0 spiro atoms. The zero-order valence-electron chi connectivity index (χ0n) is 13.3. The third kappa shape index (κ3) is 2.54. The first kappa shape index (κ1) is 14.8. The lowest BCUT2D eigenvalue weighted by atomic mass is 9.97. The maximum atomic E-state index is 12.8. The van der Waals surface area contributed by atoms with Gasteiger partial charge in [-0.3, -0.25) is 4.79 Å². The average Bonchev–Trinajstić information content (AvgIpc) is 2.77. The van der Waals surface area contributed by atoms with Crippen molar-refractivity contribution in [2.45, 2.75) is 47.5 Å². The van der Waals surface area contributed by atoms with E-state index in [0.717, 1.165) is 26.2 Å². The van der Waals surface area contributed by atoms with Gasteiger partial charge in [-0.2, -0.15) is 0 Å². The lowest BCUT2D eigenvalue weighted by molar-refractivity contribution is -0.134. The molecule has 3 nitrogen and oxygen atoms in total. The quantitative estimate of drug-likeness (QED) is 0.848. The van der Waals surface area contributed by atoms with Gasteiger partial charge in [0.15, 0.2) is 0 Å². The van der Waals surface area contributed by atoms with E-state index in [-0.39, 0.29) is 16.7 Å². The molecule has 0 aromatic carbocycles. The van der Waals surface area contributed by atoms with Crippen molar-refractivity contribution in [1.29, 1.82) is 0 Å². The Balaban J connectivity index is 1.96. The van der Waals surface area contributed by atoms with E-state index in [2.05, 4.69) is 44.8 Å². The van der Waals surface area contributed by atoms with Crippen molar-refractivity contribution in [3.8, 4) is 0 Å². The molecule has 19 heavy (non-hydrogen) atoms. The van der Waals surface area contributed by atoms with Gasteiger partial charge in [-0.15, -0.1) is 0 Å². The van der Waals surface area contributed by atoms with E-state index in [0.29, 0.717) is 11.8 Å². The smallest absolute Gasteiger partial charge is 0.226 e. The summed E-state index contributed by atoms with van der Waals surface area (Å²) in [6.45, 7) is 15.1. The summed E-state index contributed by atoms with van der Waals surface area (Å²) < 4.78 is 0. The Morgan fingerprint density at radius 2 is 1.68 bits per heavy atom. The first-order valence-electron chi connectivity index (χ1n) is 7.82. The summed E-state index contributed by atoms with van der Waals surface area (Å²) in [5.41, 5.74) is 0.317. The van der Waals surface area contributed by atoms with Gasteiger partial charge >= 0.3 is 0 Å². The van der Waals surface area contributed by atoms with Gasteiger partial charge < -0.3 is 10.2 Å². The van der Waals surface area contributed by atoms with Crippen molar-refractivity contribution >= 4 is 5.91 Å². The van der Waals surface area contributed by atoms with Gasteiger partial charge in [0.2, 0.25) is 5.91 Å². The summed E-state index contributed by atoms with van der Waals surface area (Å²) in [5, 5.41) is 3.39. The highest BCUT2D eigenvalue weighted by molar-refractivity contribution is 5.84. The molecular weight excluding hydrogens is 236 g/mol. The van der Waals surface area contributed by atoms with Crippen molar-refractivity contribution in [2.75, 3.05) is 26.2 Å². The van der Waals surface area contributed by atoms with Gasteiger partial charge in [0.1, 0.15) is 0 Å². The predicted octanol–water partition coefficient (Wildman–Crippen LogP) is 2.52. The molecule has 1 heterocycles. The summed E-state index contributed by atoms with van der Waals surface area (Å²) in [7, 11) is 0. The number of amides is 1. The Hall–Kier alpha value is -0.570. The lowest BCUT2D eigenvalue weighted by Crippen LogP contribution is -2.40. The van der Waals surface area contributed by atoms with Crippen molar-refractivity contribution < 1.29 is 4.79 Å². The number of hydrogen-bond donors (Lipinski definition) is 1. The molecule has 0 bridgehead atoms. The van der Waals surface area contributed by atoms with Gasteiger partial charge in [-0.05, 0) is 49.6 Å². The molecule has 1 saturated heterocycles. The van der Waals surface area contributed by atoms with E-state index in [1.165, 1.54) is 12.8 Å². The minimum atomic E-state index is 0.158. The fraction of sp³-hybridized carbons (Fsp3) is 0.938. The van der Waals surface area contributed by atoms with Gasteiger partial charge in [0.25, 0.3) is 0 Å². The number of piperidine rings is 1. The van der Waals surface area contributed by atoms with Crippen molar-refractivity contribution in [3.05, 3.63) is 0 Å². The van der Waals surface area contributed by atoms with E-state index in [9.17, 15) is 4.79 Å². The summed E-state index contributed by atoms with van der Waals surface area (Å²) in [4.78, 5) is 14.9. The molecule has 1 N–H and O–H groups in total. The van der Waals surface area contributed by atoms with E-state index >= 15 is 0 Å². The lowest BCUT2D eigenvalue weighted by Gasteiger charge is -2.30. The van der Waals surface area contributed by atoms with Crippen LogP contribution in [0, 0.1) is 22.7 Å². The highest BCUT2D eigenvalue weighted by Crippen LogP contribution is 2.68. The monoisotopic (exact) mass is 266 g/mol. The second-order valence-electron chi connectivity index (χ2n) is 7.45. The normalized spacial score (nSPS) is 26.2. The number of rotatable bonds is 4. The topological polar surface area (TPSA) is 32.3 Å². The molecule has 2 rings (SSSR count). The van der Waals surface area contributed by atoms with Crippen LogP contribution in [0.3, 0.4) is 0 Å². The van der Waals surface area contributed by atoms with Crippen molar-refractivity contribution in [1.82, 2.24) is 10.2 Å². The molecule has 2 aliphatic rings. The minimum absolute atomic E-state index is 0.158. The number of carbonyl (C=O) groups excluding carboxylic acids is 1. The zero-order chi connectivity index (χ0) is 14.3. The SMILES string of the molecule is CCN(CC1CCNCC1)C(=O)C1C(C)(C)C1(C)C. The van der Waals surface area contributed by atoms with Gasteiger partial charge in [-0.25, -0.2) is 0 Å². The average molecular weight is 266 g/mol. The molecule has 110 valence electrons. The molecule has 1 aliphatic carbocycles. The third-order valence-corrected chi connectivity index (χ3v) is 5.90. The molecule has 0 unspecified atom stereocenters. The molecule has 0 radical (unpaired) electrons. The number of nitrogens with one attached hydrogen (secondary N) is 1. The standard InChI is InChI=1S/C16H30N2O/c1-6-18(11-12-7-9-17-10-8-12)14(19)13-15(2,3)16(13,4)5/h12-13,17H,6-11H2,1-5H3. The largest absolute Gasteiger partial charge is 0.342 e. The fourth-order valence-electron chi connectivity index (χ4n) is 3.75. The molecule has 3 heteroatoms. The van der Waals surface area contributed by atoms with Crippen LogP contribution in [-0.4, -0.2) is 37.0 Å². The number of nitrogens with zero attached hydrogens (tertiary/aromatic N) is 1. The summed E-state index contributed by atoms with van der Waals surface area (Å²) >= 11 is 0. The van der Waals surface area contributed by atoms with Gasteiger partial charge in [0.05, 0.1) is 0 Å². The predicted molar refractivity (Wildman–Crippen MR) is 78.9 cm³/mol. The fourth-order valence-corrected chi connectivity index (χ4v) is 3.75. The second kappa shape index (κ2) is 5.08. The van der Waals surface area contributed by atoms with E-state index in [1.807, 2.05) is 0 Å². The molecule has 1 saturated carbocycles. The van der Waals surface area contributed by atoms with Crippen LogP contribution in [0.25, 0.3) is 0 Å². The van der Waals surface area contributed by atoms with Crippen LogP contribution >= 0.6 is 0 Å². The van der Waals surface area contributed by atoms with Crippen LogP contribution in [0.15, 0.2) is 0 Å². The Morgan fingerprint density at radius 1 is 1.16 bits per heavy atom. The highest BCUT2D eigenvalue weighted by atomic mass is 16.2. The second-order valence-corrected chi connectivity index (χ2v) is 7.45. The van der Waals surface area contributed by atoms with E-state index in [4.69, 9.17) is 0 Å². The van der Waals surface area contributed by atoms with Crippen LogP contribution in [0.5, 0.6) is 0 Å². The van der Waals surface area contributed by atoms with Crippen LogP contribution in [0.2, 0.25) is 0 Å². The Labute approximate surface area is 118 Å². The van der Waals surface area contributed by atoms with Crippen LogP contribution in [-0.2, 0) is 4.79 Å². The van der Waals surface area contributed by atoms with E-state index < -0.39 is 0 Å². The molecule has 0 atom stereocenters. The molecule has 1 amide bonds. The van der Waals surface area contributed by atoms with Crippen LogP contribution < -0.4 is 5.32 Å². The molecule has 0 aromatic heterocycles. The first-order valence-corrected chi connectivity index (χ1v) is 7.82. The summed E-state index contributed by atoms with van der Waals surface area (Å²) in [5.74, 6) is 1.29. The van der Waals surface area contributed by atoms with Gasteiger partial charge in [0, 0.05) is 19.0 Å². The van der Waals surface area contributed by atoms with Crippen molar-refractivity contribution in [3.63, 3.8) is 0 Å². The summed E-state index contributed by atoms with van der Waals surface area (Å²) in [6, 6.07) is 0. The Morgan fingerprint density at radius 3 is 2.11 bits per heavy atom. The summed E-state index contributed by atoms with van der Waals surface area (Å²) in [6.07, 6.45) is 2.42. The number of carbonyl (C=O) groups is 1. The first-order chi connectivity index (χ1) is 8.82. The van der Waals surface area contributed by atoms with E-state index in [1.54, 1.807) is 0 Å². The Kier molecular flexibility index (Phi) is 3.97. The Bertz CT molecular complexity index is 329. The molecule has 1 aliphatic heterocycles.